The highest BCUT2D eigenvalue weighted by molar-refractivity contribution is 5.31. The van der Waals surface area contributed by atoms with Gasteiger partial charge in [0.2, 0.25) is 0 Å². The topological polar surface area (TPSA) is 45.0 Å². The van der Waals surface area contributed by atoms with Crippen molar-refractivity contribution in [3.63, 3.8) is 0 Å². The normalized spacial score (nSPS) is 14.6. The van der Waals surface area contributed by atoms with Gasteiger partial charge in [-0.1, -0.05) is 32.9 Å². The molecule has 1 atom stereocenters. The smallest absolute Gasteiger partial charge is 0.138 e. The van der Waals surface area contributed by atoms with Crippen molar-refractivity contribution in [2.24, 2.45) is 0 Å². The van der Waals surface area contributed by atoms with Crippen LogP contribution in [0, 0.1) is 11.3 Å². The maximum atomic E-state index is 9.30. The molecule has 0 aliphatic heterocycles. The van der Waals surface area contributed by atoms with Gasteiger partial charge in [0.1, 0.15) is 17.9 Å². The minimum Gasteiger partial charge on any atom is -0.491 e. The molecule has 0 saturated heterocycles. The van der Waals surface area contributed by atoms with E-state index in [4.69, 9.17) is 4.74 Å². The second-order valence-electron chi connectivity index (χ2n) is 6.79. The van der Waals surface area contributed by atoms with Crippen LogP contribution < -0.4 is 10.1 Å². The van der Waals surface area contributed by atoms with E-state index in [1.54, 1.807) is 0 Å². The Morgan fingerprint density at radius 2 is 1.76 bits per heavy atom. The van der Waals surface area contributed by atoms with Gasteiger partial charge in [0.15, 0.2) is 0 Å². The van der Waals surface area contributed by atoms with Crippen LogP contribution in [0.5, 0.6) is 5.75 Å². The third-order valence-electron chi connectivity index (χ3n) is 3.90. The molecule has 0 radical (unpaired) electrons. The third-order valence-corrected chi connectivity index (χ3v) is 3.90. The number of nitrogens with zero attached hydrogens (tertiary/aromatic N) is 1. The third kappa shape index (κ3) is 5.06. The van der Waals surface area contributed by atoms with E-state index in [0.29, 0.717) is 6.61 Å². The summed E-state index contributed by atoms with van der Waals surface area (Å²) in [6.07, 6.45) is 1.10. The van der Waals surface area contributed by atoms with Gasteiger partial charge < -0.3 is 4.74 Å². The number of ether oxygens (including phenoxy) is 1. The highest BCUT2D eigenvalue weighted by Gasteiger charge is 2.25. The zero-order chi connectivity index (χ0) is 16.1. The molecule has 1 N–H and O–H groups in total. The van der Waals surface area contributed by atoms with Crippen LogP contribution in [0.1, 0.15) is 53.5 Å². The molecule has 3 heteroatoms. The fourth-order valence-electron chi connectivity index (χ4n) is 2.18. The Morgan fingerprint density at radius 3 is 2.19 bits per heavy atom. The number of benzene rings is 1. The van der Waals surface area contributed by atoms with Gasteiger partial charge >= 0.3 is 0 Å². The molecule has 0 bridgehead atoms. The summed E-state index contributed by atoms with van der Waals surface area (Å²) in [5.74, 6) is 0.803. The van der Waals surface area contributed by atoms with Crippen LogP contribution in [0.3, 0.4) is 0 Å². The van der Waals surface area contributed by atoms with E-state index in [2.05, 4.69) is 44.3 Å². The Hall–Kier alpha value is -1.53. The van der Waals surface area contributed by atoms with Crippen LogP contribution >= 0.6 is 0 Å². The van der Waals surface area contributed by atoms with E-state index in [1.165, 1.54) is 5.56 Å². The SMILES string of the molecule is CCC(C)(C)c1ccc(OCC(C)(C#N)NC(C)C)cc1. The zero-order valence-electron chi connectivity index (χ0n) is 14.2. The highest BCUT2D eigenvalue weighted by Crippen LogP contribution is 2.28. The molecule has 1 aromatic rings. The van der Waals surface area contributed by atoms with Crippen molar-refractivity contribution < 1.29 is 4.74 Å². The van der Waals surface area contributed by atoms with Crippen LogP contribution in [0.15, 0.2) is 24.3 Å². The van der Waals surface area contributed by atoms with E-state index in [0.717, 1.165) is 12.2 Å². The molecule has 1 aromatic carbocycles. The minimum absolute atomic E-state index is 0.179. The molecule has 0 heterocycles. The van der Waals surface area contributed by atoms with Crippen LogP contribution in [0.4, 0.5) is 0 Å². The Morgan fingerprint density at radius 1 is 1.19 bits per heavy atom. The van der Waals surface area contributed by atoms with E-state index in [1.807, 2.05) is 32.9 Å². The Labute approximate surface area is 129 Å². The monoisotopic (exact) mass is 288 g/mol. The quantitative estimate of drug-likeness (QED) is 0.823. The van der Waals surface area contributed by atoms with Crippen molar-refractivity contribution in [2.45, 2.75) is 65.0 Å². The zero-order valence-corrected chi connectivity index (χ0v) is 14.2. The summed E-state index contributed by atoms with van der Waals surface area (Å²) in [4.78, 5) is 0. The maximum absolute atomic E-state index is 9.30. The van der Waals surface area contributed by atoms with Gasteiger partial charge in [0.05, 0.1) is 6.07 Å². The molecular formula is C18H28N2O. The molecule has 0 aliphatic carbocycles. The van der Waals surface area contributed by atoms with Crippen LogP contribution in [-0.4, -0.2) is 18.2 Å². The first-order valence-electron chi connectivity index (χ1n) is 7.65. The first kappa shape index (κ1) is 17.5. The van der Waals surface area contributed by atoms with Crippen molar-refractivity contribution in [2.75, 3.05) is 6.61 Å². The van der Waals surface area contributed by atoms with Gasteiger partial charge in [0, 0.05) is 6.04 Å². The van der Waals surface area contributed by atoms with Gasteiger partial charge in [-0.15, -0.1) is 0 Å². The van der Waals surface area contributed by atoms with Crippen molar-refractivity contribution in [1.29, 1.82) is 5.26 Å². The Kier molecular flexibility index (Phi) is 5.80. The van der Waals surface area contributed by atoms with Crippen LogP contribution in [0.25, 0.3) is 0 Å². The van der Waals surface area contributed by atoms with E-state index < -0.39 is 5.54 Å². The molecule has 0 amide bonds. The minimum atomic E-state index is -0.671. The fourth-order valence-corrected chi connectivity index (χ4v) is 2.18. The molecule has 0 aliphatic rings. The lowest BCUT2D eigenvalue weighted by molar-refractivity contribution is 0.225. The van der Waals surface area contributed by atoms with Crippen LogP contribution in [-0.2, 0) is 5.41 Å². The fraction of sp³-hybridized carbons (Fsp3) is 0.611. The predicted octanol–water partition coefficient (Wildman–Crippen LogP) is 4.03. The maximum Gasteiger partial charge on any atom is 0.138 e. The Balaban J connectivity index is 2.71. The molecule has 1 unspecified atom stereocenters. The van der Waals surface area contributed by atoms with Crippen molar-refractivity contribution >= 4 is 0 Å². The lowest BCUT2D eigenvalue weighted by atomic mass is 9.82. The molecule has 1 rings (SSSR count). The summed E-state index contributed by atoms with van der Waals surface area (Å²) in [6, 6.07) is 10.7. The van der Waals surface area contributed by atoms with E-state index >= 15 is 0 Å². The molecule has 0 spiro atoms. The average Bonchev–Trinajstić information content (AvgIpc) is 2.45. The summed E-state index contributed by atoms with van der Waals surface area (Å²) < 4.78 is 5.78. The second kappa shape index (κ2) is 6.95. The number of hydrogen-bond acceptors (Lipinski definition) is 3. The first-order chi connectivity index (χ1) is 9.72. The largest absolute Gasteiger partial charge is 0.491 e. The van der Waals surface area contributed by atoms with Gasteiger partial charge in [0.25, 0.3) is 0 Å². The Bertz CT molecular complexity index is 485. The number of rotatable bonds is 7. The lowest BCUT2D eigenvalue weighted by Crippen LogP contribution is -2.49. The molecule has 0 fully saturated rings. The standard InChI is InChI=1S/C18H28N2O/c1-7-17(4,5)15-8-10-16(11-9-15)21-13-18(6,12-19)20-14(2)3/h8-11,14,20H,7,13H2,1-6H3. The van der Waals surface area contributed by atoms with Crippen LogP contribution in [0.2, 0.25) is 0 Å². The molecule has 116 valence electrons. The lowest BCUT2D eigenvalue weighted by Gasteiger charge is -2.26. The summed E-state index contributed by atoms with van der Waals surface area (Å²) in [6.45, 7) is 12.9. The highest BCUT2D eigenvalue weighted by atomic mass is 16.5. The molecule has 0 aromatic heterocycles. The second-order valence-corrected chi connectivity index (χ2v) is 6.79. The summed E-state index contributed by atoms with van der Waals surface area (Å²) >= 11 is 0. The molecule has 21 heavy (non-hydrogen) atoms. The summed E-state index contributed by atoms with van der Waals surface area (Å²) in [5.41, 5.74) is 0.815. The van der Waals surface area contributed by atoms with Gasteiger partial charge in [-0.2, -0.15) is 5.26 Å². The van der Waals surface area contributed by atoms with Crippen molar-refractivity contribution in [3.8, 4) is 11.8 Å². The van der Waals surface area contributed by atoms with Crippen molar-refractivity contribution in [1.82, 2.24) is 5.32 Å². The predicted molar refractivity (Wildman–Crippen MR) is 87.5 cm³/mol. The average molecular weight is 288 g/mol. The van der Waals surface area contributed by atoms with Gasteiger partial charge in [-0.3, -0.25) is 5.32 Å². The summed E-state index contributed by atoms with van der Waals surface area (Å²) in [7, 11) is 0. The molecular weight excluding hydrogens is 260 g/mol. The van der Waals surface area contributed by atoms with Crippen molar-refractivity contribution in [3.05, 3.63) is 29.8 Å². The first-order valence-corrected chi connectivity index (χ1v) is 7.65. The molecule has 0 saturated carbocycles. The van der Waals surface area contributed by atoms with Gasteiger partial charge in [-0.25, -0.2) is 0 Å². The van der Waals surface area contributed by atoms with Gasteiger partial charge in [-0.05, 0) is 50.3 Å². The van der Waals surface area contributed by atoms with E-state index in [-0.39, 0.29) is 11.5 Å². The molecule has 3 nitrogen and oxygen atoms in total. The number of nitrogens with one attached hydrogen (secondary N) is 1. The van der Waals surface area contributed by atoms with E-state index in [9.17, 15) is 5.26 Å². The number of nitriles is 1. The number of hydrogen-bond donors (Lipinski definition) is 1. The summed E-state index contributed by atoms with van der Waals surface area (Å²) in [5, 5.41) is 12.5.